The highest BCUT2D eigenvalue weighted by Gasteiger charge is 2.03. The van der Waals surface area contributed by atoms with Crippen molar-refractivity contribution in [3.8, 4) is 0 Å². The van der Waals surface area contributed by atoms with E-state index in [1.54, 1.807) is 13.3 Å². The fourth-order valence-corrected chi connectivity index (χ4v) is 0.861. The van der Waals surface area contributed by atoms with Crippen molar-refractivity contribution >= 4 is 5.97 Å². The number of nitrogens with zero attached hydrogens (tertiary/aromatic N) is 1. The van der Waals surface area contributed by atoms with Crippen LogP contribution < -0.4 is 0 Å². The van der Waals surface area contributed by atoms with Gasteiger partial charge in [0, 0.05) is 32.0 Å². The van der Waals surface area contributed by atoms with E-state index < -0.39 is 5.97 Å². The maximum Gasteiger partial charge on any atom is 0.329 e. The first-order valence-corrected chi connectivity index (χ1v) is 4.23. The van der Waals surface area contributed by atoms with E-state index in [0.29, 0.717) is 13.2 Å². The van der Waals surface area contributed by atoms with Crippen LogP contribution in [-0.4, -0.2) is 42.3 Å². The van der Waals surface area contributed by atoms with Crippen molar-refractivity contribution in [1.82, 2.24) is 4.90 Å². The van der Waals surface area contributed by atoms with Gasteiger partial charge in [-0.2, -0.15) is 0 Å². The lowest BCUT2D eigenvalue weighted by molar-refractivity contribution is -0.131. The van der Waals surface area contributed by atoms with Crippen molar-refractivity contribution in [2.75, 3.05) is 20.3 Å². The third kappa shape index (κ3) is 6.16. The van der Waals surface area contributed by atoms with Crippen LogP contribution in [-0.2, 0) is 9.53 Å². The largest absolute Gasteiger partial charge is 0.478 e. The van der Waals surface area contributed by atoms with Crippen LogP contribution >= 0.6 is 0 Å². The molecule has 0 aliphatic rings. The van der Waals surface area contributed by atoms with E-state index in [4.69, 9.17) is 9.84 Å². The van der Waals surface area contributed by atoms with Gasteiger partial charge in [0.15, 0.2) is 0 Å². The summed E-state index contributed by atoms with van der Waals surface area (Å²) in [4.78, 5) is 12.2. The van der Waals surface area contributed by atoms with E-state index in [1.165, 1.54) is 0 Å². The Morgan fingerprint density at radius 1 is 1.62 bits per heavy atom. The Bertz CT molecular complexity index is 178. The van der Waals surface area contributed by atoms with Crippen molar-refractivity contribution in [1.29, 1.82) is 0 Å². The minimum absolute atomic E-state index is 0.283. The Morgan fingerprint density at radius 3 is 2.62 bits per heavy atom. The second kappa shape index (κ2) is 6.48. The lowest BCUT2D eigenvalue weighted by atomic mass is 10.3. The maximum atomic E-state index is 10.3. The van der Waals surface area contributed by atoms with Gasteiger partial charge in [0.1, 0.15) is 0 Å². The molecule has 0 aromatic carbocycles. The first-order chi connectivity index (χ1) is 6.07. The summed E-state index contributed by atoms with van der Waals surface area (Å²) >= 11 is 0. The van der Waals surface area contributed by atoms with Crippen molar-refractivity contribution in [3.05, 3.63) is 12.3 Å². The normalized spacial score (nSPS) is 11.1. The zero-order valence-corrected chi connectivity index (χ0v) is 8.36. The predicted octanol–water partition coefficient (Wildman–Crippen LogP) is 0.942. The van der Waals surface area contributed by atoms with Gasteiger partial charge in [-0.1, -0.05) is 0 Å². The number of methoxy groups -OCH3 is 1. The smallest absolute Gasteiger partial charge is 0.329 e. The van der Waals surface area contributed by atoms with Gasteiger partial charge in [0.2, 0.25) is 0 Å². The van der Waals surface area contributed by atoms with E-state index in [1.807, 2.05) is 18.7 Å². The van der Waals surface area contributed by atoms with Gasteiger partial charge in [-0.15, -0.1) is 0 Å². The van der Waals surface area contributed by atoms with Crippen LogP contribution in [0.4, 0.5) is 0 Å². The maximum absolute atomic E-state index is 10.3. The van der Waals surface area contributed by atoms with Gasteiger partial charge >= 0.3 is 5.97 Å². The molecule has 0 aliphatic carbocycles. The molecule has 0 aromatic rings. The molecule has 76 valence electrons. The summed E-state index contributed by atoms with van der Waals surface area (Å²) in [6, 6.07) is 0.283. The fourth-order valence-electron chi connectivity index (χ4n) is 0.861. The molecule has 13 heavy (non-hydrogen) atoms. The van der Waals surface area contributed by atoms with E-state index in [2.05, 4.69) is 0 Å². The van der Waals surface area contributed by atoms with Gasteiger partial charge < -0.3 is 14.7 Å². The average molecular weight is 187 g/mol. The van der Waals surface area contributed by atoms with Gasteiger partial charge in [0.05, 0.1) is 6.61 Å². The highest BCUT2D eigenvalue weighted by atomic mass is 16.5. The van der Waals surface area contributed by atoms with Crippen LogP contribution in [0.3, 0.4) is 0 Å². The summed E-state index contributed by atoms with van der Waals surface area (Å²) in [6.07, 6.45) is 2.71. The second-order valence-corrected chi connectivity index (χ2v) is 2.98. The number of rotatable bonds is 6. The summed E-state index contributed by atoms with van der Waals surface area (Å²) in [7, 11) is 1.62. The molecule has 0 aliphatic heterocycles. The van der Waals surface area contributed by atoms with Crippen LogP contribution in [0.5, 0.6) is 0 Å². The molecule has 0 saturated carbocycles. The molecular weight excluding hydrogens is 170 g/mol. The number of ether oxygens (including phenoxy) is 1. The topological polar surface area (TPSA) is 49.8 Å². The van der Waals surface area contributed by atoms with Crippen LogP contribution in [0.2, 0.25) is 0 Å². The molecule has 0 rings (SSSR count). The zero-order valence-electron chi connectivity index (χ0n) is 8.36. The quantitative estimate of drug-likeness (QED) is 0.629. The van der Waals surface area contributed by atoms with Crippen molar-refractivity contribution in [3.63, 3.8) is 0 Å². The molecule has 0 aromatic heterocycles. The summed E-state index contributed by atoms with van der Waals surface area (Å²) in [5, 5.41) is 8.42. The van der Waals surface area contributed by atoms with E-state index in [-0.39, 0.29) is 6.04 Å². The molecule has 0 spiro atoms. The first kappa shape index (κ1) is 12.0. The Labute approximate surface area is 78.8 Å². The number of hydrogen-bond donors (Lipinski definition) is 1. The number of carbonyl (C=O) groups is 1. The zero-order chi connectivity index (χ0) is 10.3. The lowest BCUT2D eigenvalue weighted by Gasteiger charge is -2.23. The summed E-state index contributed by atoms with van der Waals surface area (Å²) < 4.78 is 4.91. The first-order valence-electron chi connectivity index (χ1n) is 4.23. The lowest BCUT2D eigenvalue weighted by Crippen LogP contribution is -2.28. The molecule has 1 N–H and O–H groups in total. The van der Waals surface area contributed by atoms with Crippen LogP contribution in [0, 0.1) is 0 Å². The third-order valence-electron chi connectivity index (χ3n) is 1.63. The fraction of sp³-hybridized carbons (Fsp3) is 0.667. The predicted molar refractivity (Wildman–Crippen MR) is 50.5 cm³/mol. The van der Waals surface area contributed by atoms with E-state index in [9.17, 15) is 4.79 Å². The number of carboxylic acids is 1. The molecular formula is C9H17NO3. The molecule has 0 atom stereocenters. The number of aliphatic carboxylic acids is 1. The number of hydrogen-bond acceptors (Lipinski definition) is 3. The highest BCUT2D eigenvalue weighted by Crippen LogP contribution is 1.98. The summed E-state index contributed by atoms with van der Waals surface area (Å²) in [5.74, 6) is -0.928. The standard InChI is InChI=1S/C9H17NO3/c1-8(2)10(6-7-13-3)5-4-9(11)12/h4-5,8H,6-7H2,1-3H3,(H,11,12)/b5-4+. The van der Waals surface area contributed by atoms with Crippen LogP contribution in [0.15, 0.2) is 12.3 Å². The Balaban J connectivity index is 4.01. The van der Waals surface area contributed by atoms with Crippen molar-refractivity contribution in [2.45, 2.75) is 19.9 Å². The molecule has 0 heterocycles. The molecule has 4 nitrogen and oxygen atoms in total. The molecule has 0 radical (unpaired) electrons. The number of carboxylic acid groups (broad SMARTS) is 1. The van der Waals surface area contributed by atoms with Crippen molar-refractivity contribution < 1.29 is 14.6 Å². The summed E-state index contributed by atoms with van der Waals surface area (Å²) in [5.41, 5.74) is 0. The average Bonchev–Trinajstić information content (AvgIpc) is 2.03. The molecule has 0 fully saturated rings. The minimum Gasteiger partial charge on any atom is -0.478 e. The van der Waals surface area contributed by atoms with E-state index >= 15 is 0 Å². The van der Waals surface area contributed by atoms with Crippen LogP contribution in [0.1, 0.15) is 13.8 Å². The second-order valence-electron chi connectivity index (χ2n) is 2.98. The molecule has 4 heteroatoms. The SMILES string of the molecule is COCCN(/C=C/C(=O)O)C(C)C. The molecule has 0 bridgehead atoms. The molecule has 0 saturated heterocycles. The van der Waals surface area contributed by atoms with Gasteiger partial charge in [0.25, 0.3) is 0 Å². The highest BCUT2D eigenvalue weighted by molar-refractivity contribution is 5.79. The Kier molecular flexibility index (Phi) is 5.97. The van der Waals surface area contributed by atoms with Crippen LogP contribution in [0.25, 0.3) is 0 Å². The van der Waals surface area contributed by atoms with Gasteiger partial charge in [-0.3, -0.25) is 0 Å². The third-order valence-corrected chi connectivity index (χ3v) is 1.63. The molecule has 0 amide bonds. The Hall–Kier alpha value is -1.03. The van der Waals surface area contributed by atoms with Crippen molar-refractivity contribution in [2.24, 2.45) is 0 Å². The summed E-state index contributed by atoms with van der Waals surface area (Å²) in [6.45, 7) is 5.31. The van der Waals surface area contributed by atoms with Gasteiger partial charge in [-0.25, -0.2) is 4.79 Å². The molecule has 0 unspecified atom stereocenters. The van der Waals surface area contributed by atoms with Gasteiger partial charge in [-0.05, 0) is 13.8 Å². The van der Waals surface area contributed by atoms with E-state index in [0.717, 1.165) is 6.08 Å². The minimum atomic E-state index is -0.928. The Morgan fingerprint density at radius 2 is 2.23 bits per heavy atom. The monoisotopic (exact) mass is 187 g/mol.